The molecule has 0 saturated carbocycles. The van der Waals surface area contributed by atoms with E-state index in [1.54, 1.807) is 6.92 Å². The maximum absolute atomic E-state index is 12.2. The van der Waals surface area contributed by atoms with E-state index in [2.05, 4.69) is 4.98 Å². The van der Waals surface area contributed by atoms with Crippen LogP contribution in [0.5, 0.6) is 0 Å². The lowest BCUT2D eigenvalue weighted by Crippen LogP contribution is -2.11. The van der Waals surface area contributed by atoms with Crippen LogP contribution in [0.3, 0.4) is 0 Å². The Bertz CT molecular complexity index is 309. The number of aryl methyl sites for hydroxylation is 1. The van der Waals surface area contributed by atoms with Crippen molar-refractivity contribution in [2.45, 2.75) is 19.0 Å². The predicted molar refractivity (Wildman–Crippen MR) is 43.5 cm³/mol. The van der Waals surface area contributed by atoms with E-state index in [-0.39, 0.29) is 11.4 Å². The van der Waals surface area contributed by atoms with Crippen molar-refractivity contribution in [3.63, 3.8) is 0 Å². The van der Waals surface area contributed by atoms with E-state index < -0.39 is 11.9 Å². The fourth-order valence-electron chi connectivity index (χ4n) is 0.987. The number of aromatic nitrogens is 1. The smallest absolute Gasteiger partial charge is 0.251 e. The van der Waals surface area contributed by atoms with E-state index >= 15 is 0 Å². The van der Waals surface area contributed by atoms with E-state index in [9.17, 15) is 13.2 Å². The zero-order valence-corrected chi connectivity index (χ0v) is 7.58. The first-order valence-corrected chi connectivity index (χ1v) is 4.07. The molecule has 1 aromatic heterocycles. The summed E-state index contributed by atoms with van der Waals surface area (Å²) in [6.45, 7) is 1.67. The third-order valence-corrected chi connectivity index (χ3v) is 1.80. The van der Waals surface area contributed by atoms with Crippen molar-refractivity contribution in [2.24, 2.45) is 0 Å². The first-order valence-electron chi connectivity index (χ1n) is 3.54. The van der Waals surface area contributed by atoms with Crippen LogP contribution in [-0.2, 0) is 12.1 Å². The fourth-order valence-corrected chi connectivity index (χ4v) is 1.19. The molecule has 0 atom stereocenters. The number of alkyl halides is 4. The van der Waals surface area contributed by atoms with Gasteiger partial charge < -0.3 is 0 Å². The maximum Gasteiger partial charge on any atom is 0.433 e. The SMILES string of the molecule is Cc1cnc(C(F)(F)F)c(CCl)c1. The van der Waals surface area contributed by atoms with Gasteiger partial charge in [-0.3, -0.25) is 4.98 Å². The number of nitrogens with zero attached hydrogens (tertiary/aromatic N) is 1. The second-order valence-electron chi connectivity index (χ2n) is 2.65. The van der Waals surface area contributed by atoms with Crippen molar-refractivity contribution in [3.05, 3.63) is 29.1 Å². The van der Waals surface area contributed by atoms with Gasteiger partial charge in [0.15, 0.2) is 0 Å². The Labute approximate surface area is 78.5 Å². The lowest BCUT2D eigenvalue weighted by molar-refractivity contribution is -0.141. The van der Waals surface area contributed by atoms with Crippen molar-refractivity contribution in [2.75, 3.05) is 0 Å². The van der Waals surface area contributed by atoms with Gasteiger partial charge in [0.05, 0.1) is 0 Å². The van der Waals surface area contributed by atoms with Crippen molar-refractivity contribution in [1.82, 2.24) is 4.98 Å². The first-order chi connectivity index (χ1) is 5.95. The van der Waals surface area contributed by atoms with Gasteiger partial charge in [0.1, 0.15) is 5.69 Å². The minimum atomic E-state index is -4.42. The maximum atomic E-state index is 12.2. The summed E-state index contributed by atoms with van der Waals surface area (Å²) in [5.74, 6) is -0.177. The summed E-state index contributed by atoms with van der Waals surface area (Å²) in [5.41, 5.74) is -0.203. The van der Waals surface area contributed by atoms with Gasteiger partial charge in [0.25, 0.3) is 0 Å². The molecule has 0 aliphatic carbocycles. The first kappa shape index (κ1) is 10.3. The molecule has 1 nitrogen and oxygen atoms in total. The second-order valence-corrected chi connectivity index (χ2v) is 2.92. The molecule has 1 heterocycles. The van der Waals surface area contributed by atoms with Gasteiger partial charge in [0.2, 0.25) is 0 Å². The van der Waals surface area contributed by atoms with Crippen LogP contribution in [-0.4, -0.2) is 4.98 Å². The quantitative estimate of drug-likeness (QED) is 0.648. The molecular formula is C8H7ClF3N. The highest BCUT2D eigenvalue weighted by Gasteiger charge is 2.34. The van der Waals surface area contributed by atoms with Crippen LogP contribution in [0.1, 0.15) is 16.8 Å². The molecule has 0 amide bonds. The molecule has 0 saturated heterocycles. The molecule has 0 fully saturated rings. The highest BCUT2D eigenvalue weighted by Crippen LogP contribution is 2.31. The van der Waals surface area contributed by atoms with Gasteiger partial charge in [-0.05, 0) is 18.1 Å². The molecule has 0 unspecified atom stereocenters. The van der Waals surface area contributed by atoms with E-state index in [0.717, 1.165) is 0 Å². The summed E-state index contributed by atoms with van der Waals surface area (Å²) in [5, 5.41) is 0. The Morgan fingerprint density at radius 1 is 1.46 bits per heavy atom. The average molecular weight is 210 g/mol. The van der Waals surface area contributed by atoms with Gasteiger partial charge in [-0.25, -0.2) is 0 Å². The Morgan fingerprint density at radius 3 is 2.54 bits per heavy atom. The molecule has 0 bridgehead atoms. The monoisotopic (exact) mass is 209 g/mol. The molecule has 0 N–H and O–H groups in total. The Kier molecular flexibility index (Phi) is 2.81. The second kappa shape index (κ2) is 3.54. The summed E-state index contributed by atoms with van der Waals surface area (Å²) in [4.78, 5) is 3.31. The Hall–Kier alpha value is -0.770. The Morgan fingerprint density at radius 2 is 2.08 bits per heavy atom. The van der Waals surface area contributed by atoms with Crippen LogP contribution < -0.4 is 0 Å². The van der Waals surface area contributed by atoms with E-state index in [1.807, 2.05) is 0 Å². The van der Waals surface area contributed by atoms with Crippen molar-refractivity contribution in [3.8, 4) is 0 Å². The minimum absolute atomic E-state index is 0.0224. The topological polar surface area (TPSA) is 12.9 Å². The van der Waals surface area contributed by atoms with Gasteiger partial charge in [-0.2, -0.15) is 13.2 Å². The fraction of sp³-hybridized carbons (Fsp3) is 0.375. The number of hydrogen-bond acceptors (Lipinski definition) is 1. The van der Waals surface area contributed by atoms with Crippen LogP contribution in [0.15, 0.2) is 12.3 Å². The molecule has 0 aromatic carbocycles. The zero-order chi connectivity index (χ0) is 10.1. The molecule has 1 rings (SSSR count). The summed E-state index contributed by atoms with van der Waals surface area (Å²) in [7, 11) is 0. The molecule has 13 heavy (non-hydrogen) atoms. The third-order valence-electron chi connectivity index (χ3n) is 1.52. The standard InChI is InChI=1S/C8H7ClF3N/c1-5-2-6(3-9)7(13-4-5)8(10,11)12/h2,4H,3H2,1H3. The largest absolute Gasteiger partial charge is 0.433 e. The normalized spacial score (nSPS) is 11.8. The van der Waals surface area contributed by atoms with Gasteiger partial charge in [-0.1, -0.05) is 6.07 Å². The van der Waals surface area contributed by atoms with Crippen molar-refractivity contribution >= 4 is 11.6 Å². The highest BCUT2D eigenvalue weighted by molar-refractivity contribution is 6.17. The molecule has 72 valence electrons. The average Bonchev–Trinajstić information content (AvgIpc) is 2.01. The minimum Gasteiger partial charge on any atom is -0.251 e. The molecule has 1 aromatic rings. The number of halogens is 4. The summed E-state index contributed by atoms with van der Waals surface area (Å²) >= 11 is 5.37. The molecule has 0 spiro atoms. The number of rotatable bonds is 1. The molecule has 0 radical (unpaired) electrons. The lowest BCUT2D eigenvalue weighted by atomic mass is 10.1. The Balaban J connectivity index is 3.22. The van der Waals surface area contributed by atoms with Crippen LogP contribution in [0.25, 0.3) is 0 Å². The van der Waals surface area contributed by atoms with Crippen LogP contribution in [0.4, 0.5) is 13.2 Å². The third kappa shape index (κ3) is 2.34. The van der Waals surface area contributed by atoms with Crippen LogP contribution in [0, 0.1) is 6.92 Å². The van der Waals surface area contributed by atoms with Crippen molar-refractivity contribution < 1.29 is 13.2 Å². The molecule has 0 aliphatic heterocycles. The summed E-state index contributed by atoms with van der Waals surface area (Å²) in [6.07, 6.45) is -3.24. The number of pyridine rings is 1. The lowest BCUT2D eigenvalue weighted by Gasteiger charge is -2.09. The van der Waals surface area contributed by atoms with Crippen LogP contribution >= 0.6 is 11.6 Å². The van der Waals surface area contributed by atoms with E-state index in [0.29, 0.717) is 5.56 Å². The number of hydrogen-bond donors (Lipinski definition) is 0. The van der Waals surface area contributed by atoms with Gasteiger partial charge in [-0.15, -0.1) is 11.6 Å². The van der Waals surface area contributed by atoms with Crippen LogP contribution in [0.2, 0.25) is 0 Å². The van der Waals surface area contributed by atoms with E-state index in [4.69, 9.17) is 11.6 Å². The van der Waals surface area contributed by atoms with E-state index in [1.165, 1.54) is 12.3 Å². The summed E-state index contributed by atoms with van der Waals surface area (Å²) in [6, 6.07) is 1.39. The molecule has 5 heteroatoms. The molecule has 0 aliphatic rings. The van der Waals surface area contributed by atoms with Crippen molar-refractivity contribution in [1.29, 1.82) is 0 Å². The van der Waals surface area contributed by atoms with Gasteiger partial charge >= 0.3 is 6.18 Å². The summed E-state index contributed by atoms with van der Waals surface area (Å²) < 4.78 is 36.7. The van der Waals surface area contributed by atoms with Gasteiger partial charge in [0, 0.05) is 12.1 Å². The highest BCUT2D eigenvalue weighted by atomic mass is 35.5. The predicted octanol–water partition coefficient (Wildman–Crippen LogP) is 3.15. The molecular weight excluding hydrogens is 203 g/mol. The zero-order valence-electron chi connectivity index (χ0n) is 6.82.